The minimum atomic E-state index is -0.0755. The smallest absolute Gasteiger partial charge is 0.345 e. The summed E-state index contributed by atoms with van der Waals surface area (Å²) in [6.07, 6.45) is 2.89. The van der Waals surface area contributed by atoms with E-state index >= 15 is 0 Å². The number of hydrogen-bond donors (Lipinski definition) is 1. The van der Waals surface area contributed by atoms with Crippen molar-refractivity contribution in [1.29, 1.82) is 0 Å². The van der Waals surface area contributed by atoms with Crippen LogP contribution in [-0.4, -0.2) is 25.4 Å². The summed E-state index contributed by atoms with van der Waals surface area (Å²) in [6.45, 7) is 4.78. The SMILES string of the molecule is Cc1noc(C)c1CNC(=O)CC1CCc2nn(C)c(=O)n2CC1. The van der Waals surface area contributed by atoms with Gasteiger partial charge in [-0.15, -0.1) is 0 Å². The molecule has 0 bridgehead atoms. The van der Waals surface area contributed by atoms with Crippen molar-refractivity contribution >= 4 is 5.91 Å². The molecule has 3 rings (SSSR count). The normalized spacial score (nSPS) is 17.4. The lowest BCUT2D eigenvalue weighted by atomic mass is 9.96. The number of fused-ring (bicyclic) bond motifs is 1. The molecule has 3 heterocycles. The number of amides is 1. The van der Waals surface area contributed by atoms with Crippen LogP contribution >= 0.6 is 0 Å². The maximum Gasteiger partial charge on any atom is 0.345 e. The second-order valence-electron chi connectivity index (χ2n) is 6.45. The Morgan fingerprint density at radius 2 is 2.17 bits per heavy atom. The third-order valence-corrected chi connectivity index (χ3v) is 4.74. The summed E-state index contributed by atoms with van der Waals surface area (Å²) in [5.41, 5.74) is 1.67. The van der Waals surface area contributed by atoms with Crippen LogP contribution in [0.4, 0.5) is 0 Å². The first-order chi connectivity index (χ1) is 11.5. The summed E-state index contributed by atoms with van der Waals surface area (Å²) in [6, 6.07) is 0. The number of nitrogens with zero attached hydrogens (tertiary/aromatic N) is 4. The van der Waals surface area contributed by atoms with Crippen LogP contribution in [0.1, 0.15) is 42.1 Å². The molecular weight excluding hydrogens is 310 g/mol. The van der Waals surface area contributed by atoms with Gasteiger partial charge in [-0.3, -0.25) is 9.36 Å². The molecule has 2 aromatic rings. The largest absolute Gasteiger partial charge is 0.361 e. The van der Waals surface area contributed by atoms with Gasteiger partial charge in [0.05, 0.1) is 5.69 Å². The van der Waals surface area contributed by atoms with Crippen molar-refractivity contribution in [3.8, 4) is 0 Å². The Morgan fingerprint density at radius 3 is 2.88 bits per heavy atom. The number of carbonyl (C=O) groups is 1. The Hall–Kier alpha value is -2.38. The maximum atomic E-state index is 12.2. The number of aromatic nitrogens is 4. The predicted octanol–water partition coefficient (Wildman–Crippen LogP) is 0.846. The van der Waals surface area contributed by atoms with Crippen LogP contribution in [0.5, 0.6) is 0 Å². The van der Waals surface area contributed by atoms with Crippen molar-refractivity contribution in [3.05, 3.63) is 33.3 Å². The van der Waals surface area contributed by atoms with Crippen LogP contribution in [0, 0.1) is 19.8 Å². The van der Waals surface area contributed by atoms with Gasteiger partial charge in [0.15, 0.2) is 0 Å². The molecule has 130 valence electrons. The molecule has 8 nitrogen and oxygen atoms in total. The molecule has 0 fully saturated rings. The highest BCUT2D eigenvalue weighted by Gasteiger charge is 2.22. The van der Waals surface area contributed by atoms with Gasteiger partial charge in [0.1, 0.15) is 11.6 Å². The van der Waals surface area contributed by atoms with Crippen LogP contribution in [-0.2, 0) is 31.4 Å². The molecule has 1 amide bonds. The molecule has 1 N–H and O–H groups in total. The quantitative estimate of drug-likeness (QED) is 0.895. The number of rotatable bonds is 4. The Kier molecular flexibility index (Phi) is 4.55. The first-order valence-corrected chi connectivity index (χ1v) is 8.27. The van der Waals surface area contributed by atoms with E-state index in [0.29, 0.717) is 19.5 Å². The summed E-state index contributed by atoms with van der Waals surface area (Å²) in [5.74, 6) is 1.85. The molecule has 1 aliphatic rings. The van der Waals surface area contributed by atoms with Crippen LogP contribution in [0.25, 0.3) is 0 Å². The average molecular weight is 333 g/mol. The summed E-state index contributed by atoms with van der Waals surface area (Å²) in [7, 11) is 1.67. The van der Waals surface area contributed by atoms with E-state index in [9.17, 15) is 9.59 Å². The lowest BCUT2D eigenvalue weighted by molar-refractivity contribution is -0.122. The Balaban J connectivity index is 1.53. The first-order valence-electron chi connectivity index (χ1n) is 8.27. The highest BCUT2D eigenvalue weighted by atomic mass is 16.5. The van der Waals surface area contributed by atoms with E-state index in [1.54, 1.807) is 11.6 Å². The summed E-state index contributed by atoms with van der Waals surface area (Å²) in [4.78, 5) is 24.2. The lowest BCUT2D eigenvalue weighted by Gasteiger charge is -2.13. The third-order valence-electron chi connectivity index (χ3n) is 4.74. The molecule has 0 spiro atoms. The molecule has 0 saturated heterocycles. The maximum absolute atomic E-state index is 12.2. The molecular formula is C16H23N5O3. The summed E-state index contributed by atoms with van der Waals surface area (Å²) >= 11 is 0. The van der Waals surface area contributed by atoms with Crippen LogP contribution < -0.4 is 11.0 Å². The van der Waals surface area contributed by atoms with E-state index < -0.39 is 0 Å². The van der Waals surface area contributed by atoms with Crippen LogP contribution in [0.15, 0.2) is 9.32 Å². The van der Waals surface area contributed by atoms with Gasteiger partial charge < -0.3 is 9.84 Å². The second-order valence-corrected chi connectivity index (χ2v) is 6.45. The zero-order chi connectivity index (χ0) is 17.3. The third kappa shape index (κ3) is 3.27. The van der Waals surface area contributed by atoms with E-state index in [0.717, 1.165) is 42.1 Å². The summed E-state index contributed by atoms with van der Waals surface area (Å²) < 4.78 is 8.20. The molecule has 1 unspecified atom stereocenters. The van der Waals surface area contributed by atoms with Gasteiger partial charge in [-0.2, -0.15) is 5.10 Å². The Bertz CT molecular complexity index is 782. The predicted molar refractivity (Wildman–Crippen MR) is 86.3 cm³/mol. The van der Waals surface area contributed by atoms with Gasteiger partial charge in [0.2, 0.25) is 5.91 Å². The van der Waals surface area contributed by atoms with Crippen molar-refractivity contribution in [2.45, 2.75) is 52.6 Å². The fourth-order valence-electron chi connectivity index (χ4n) is 3.23. The number of nitrogens with one attached hydrogen (secondary N) is 1. The molecule has 0 radical (unpaired) electrons. The van der Waals surface area contributed by atoms with E-state index in [2.05, 4.69) is 15.6 Å². The molecule has 1 aliphatic heterocycles. The van der Waals surface area contributed by atoms with Crippen LogP contribution in [0.2, 0.25) is 0 Å². The molecule has 0 saturated carbocycles. The molecule has 1 atom stereocenters. The van der Waals surface area contributed by atoms with Crippen molar-refractivity contribution in [3.63, 3.8) is 0 Å². The number of aryl methyl sites for hydroxylation is 4. The zero-order valence-electron chi connectivity index (χ0n) is 14.3. The molecule has 8 heteroatoms. The van der Waals surface area contributed by atoms with Crippen LogP contribution in [0.3, 0.4) is 0 Å². The molecule has 0 aliphatic carbocycles. The van der Waals surface area contributed by atoms with E-state index in [1.165, 1.54) is 4.68 Å². The van der Waals surface area contributed by atoms with Gasteiger partial charge >= 0.3 is 5.69 Å². The first kappa shape index (κ1) is 16.5. The van der Waals surface area contributed by atoms with Crippen molar-refractivity contribution in [1.82, 2.24) is 24.8 Å². The topological polar surface area (TPSA) is 95.0 Å². The average Bonchev–Trinajstić information content (AvgIpc) is 2.91. The van der Waals surface area contributed by atoms with Gasteiger partial charge in [-0.05, 0) is 32.6 Å². The standard InChI is InChI=1S/C16H23N5O3/c1-10-13(11(2)24-19-10)9-17-15(22)8-12-4-5-14-18-20(3)16(23)21(14)7-6-12/h12H,4-9H2,1-3H3,(H,17,22). The Labute approximate surface area is 139 Å². The summed E-state index contributed by atoms with van der Waals surface area (Å²) in [5, 5.41) is 11.1. The fraction of sp³-hybridized carbons (Fsp3) is 0.625. The van der Waals surface area contributed by atoms with Crippen molar-refractivity contribution in [2.24, 2.45) is 13.0 Å². The molecule has 2 aromatic heterocycles. The minimum absolute atomic E-state index is 0.0208. The number of hydrogen-bond acceptors (Lipinski definition) is 5. The van der Waals surface area contributed by atoms with Crippen molar-refractivity contribution in [2.75, 3.05) is 0 Å². The Morgan fingerprint density at radius 1 is 1.38 bits per heavy atom. The van der Waals surface area contributed by atoms with Gasteiger partial charge in [-0.25, -0.2) is 9.48 Å². The highest BCUT2D eigenvalue weighted by Crippen LogP contribution is 2.21. The lowest BCUT2D eigenvalue weighted by Crippen LogP contribution is -2.26. The van der Waals surface area contributed by atoms with E-state index in [1.807, 2.05) is 13.8 Å². The number of carbonyl (C=O) groups excluding carboxylic acids is 1. The monoisotopic (exact) mass is 333 g/mol. The second kappa shape index (κ2) is 6.62. The van der Waals surface area contributed by atoms with Gasteiger partial charge in [-0.1, -0.05) is 5.16 Å². The zero-order valence-corrected chi connectivity index (χ0v) is 14.3. The highest BCUT2D eigenvalue weighted by molar-refractivity contribution is 5.76. The van der Waals surface area contributed by atoms with Gasteiger partial charge in [0, 0.05) is 38.5 Å². The van der Waals surface area contributed by atoms with E-state index in [4.69, 9.17) is 4.52 Å². The van der Waals surface area contributed by atoms with E-state index in [-0.39, 0.29) is 17.5 Å². The van der Waals surface area contributed by atoms with Crippen molar-refractivity contribution < 1.29 is 9.32 Å². The fourth-order valence-corrected chi connectivity index (χ4v) is 3.23. The molecule has 24 heavy (non-hydrogen) atoms. The molecule has 0 aromatic carbocycles. The van der Waals surface area contributed by atoms with Gasteiger partial charge in [0.25, 0.3) is 0 Å². The minimum Gasteiger partial charge on any atom is -0.361 e.